The van der Waals surface area contributed by atoms with Crippen LogP contribution < -0.4 is 4.74 Å². The van der Waals surface area contributed by atoms with E-state index in [2.05, 4.69) is 13.0 Å². The summed E-state index contributed by atoms with van der Waals surface area (Å²) in [6.07, 6.45) is 3.03. The maximum absolute atomic E-state index is 11.8. The molecule has 0 aromatic heterocycles. The van der Waals surface area contributed by atoms with Crippen molar-refractivity contribution in [2.24, 2.45) is 5.41 Å². The molecular weight excluding hydrogens is 272 g/mol. The van der Waals surface area contributed by atoms with Crippen molar-refractivity contribution < 1.29 is 9.53 Å². The van der Waals surface area contributed by atoms with Crippen LogP contribution >= 0.6 is 11.6 Å². The molecule has 3 heteroatoms. The Bertz CT molecular complexity index is 510. The maximum atomic E-state index is 11.8. The quantitative estimate of drug-likeness (QED) is 0.751. The zero-order chi connectivity index (χ0) is 15.3. The minimum atomic E-state index is -0.396. The standard InChI is InChI=1S/C17H23ClO2/c1-6-12(7-2)13-8-9-15(14(18)10-13)20-11-16(19)17(3,4)5/h6,8-10H,7,11H2,1-5H3. The van der Waals surface area contributed by atoms with E-state index in [0.717, 1.165) is 12.0 Å². The molecule has 0 spiro atoms. The Hall–Kier alpha value is -1.28. The first-order valence-corrected chi connectivity index (χ1v) is 7.28. The second-order valence-corrected chi connectivity index (χ2v) is 6.18. The molecule has 0 amide bonds. The summed E-state index contributed by atoms with van der Waals surface area (Å²) in [4.78, 5) is 11.8. The van der Waals surface area contributed by atoms with Crippen LogP contribution in [-0.2, 0) is 4.79 Å². The van der Waals surface area contributed by atoms with Gasteiger partial charge in [0.25, 0.3) is 0 Å². The van der Waals surface area contributed by atoms with Crippen molar-refractivity contribution in [1.82, 2.24) is 0 Å². The molecule has 0 radical (unpaired) electrons. The number of halogens is 1. The number of carbonyl (C=O) groups excluding carboxylic acids is 1. The zero-order valence-corrected chi connectivity index (χ0v) is 13.7. The van der Waals surface area contributed by atoms with E-state index in [-0.39, 0.29) is 12.4 Å². The lowest BCUT2D eigenvalue weighted by atomic mass is 9.91. The first kappa shape index (κ1) is 16.8. The van der Waals surface area contributed by atoms with Crippen LogP contribution in [0.5, 0.6) is 5.75 Å². The van der Waals surface area contributed by atoms with Crippen molar-refractivity contribution >= 4 is 23.0 Å². The third-order valence-corrected chi connectivity index (χ3v) is 3.52. The Labute approximate surface area is 126 Å². The van der Waals surface area contributed by atoms with E-state index < -0.39 is 5.41 Å². The van der Waals surface area contributed by atoms with Crippen LogP contribution in [-0.4, -0.2) is 12.4 Å². The largest absolute Gasteiger partial charge is 0.484 e. The molecule has 0 saturated carbocycles. The fraction of sp³-hybridized carbons (Fsp3) is 0.471. The second-order valence-electron chi connectivity index (χ2n) is 5.77. The first-order chi connectivity index (χ1) is 9.29. The zero-order valence-electron chi connectivity index (χ0n) is 12.9. The molecule has 0 fully saturated rings. The molecule has 0 unspecified atom stereocenters. The average Bonchev–Trinajstić information content (AvgIpc) is 2.37. The van der Waals surface area contributed by atoms with E-state index in [4.69, 9.17) is 16.3 Å². The number of allylic oxidation sites excluding steroid dienone is 2. The summed E-state index contributed by atoms with van der Waals surface area (Å²) in [5, 5.41) is 0.539. The lowest BCUT2D eigenvalue weighted by Crippen LogP contribution is -2.26. The Balaban J connectivity index is 2.82. The number of Topliss-reactive ketones (excluding diaryl/α,β-unsaturated/α-hetero) is 1. The van der Waals surface area contributed by atoms with Crippen molar-refractivity contribution in [2.75, 3.05) is 6.61 Å². The molecule has 0 aliphatic carbocycles. The summed E-state index contributed by atoms with van der Waals surface area (Å²) in [5.41, 5.74) is 1.94. The summed E-state index contributed by atoms with van der Waals surface area (Å²) < 4.78 is 5.53. The second kappa shape index (κ2) is 6.94. The minimum Gasteiger partial charge on any atom is -0.484 e. The molecule has 1 aromatic carbocycles. The number of rotatable bonds is 5. The van der Waals surface area contributed by atoms with Crippen LogP contribution in [0.1, 0.15) is 46.6 Å². The van der Waals surface area contributed by atoms with Gasteiger partial charge < -0.3 is 4.74 Å². The van der Waals surface area contributed by atoms with E-state index in [1.54, 1.807) is 0 Å². The van der Waals surface area contributed by atoms with E-state index in [1.807, 2.05) is 45.9 Å². The van der Waals surface area contributed by atoms with Crippen LogP contribution in [0.15, 0.2) is 24.3 Å². The smallest absolute Gasteiger partial charge is 0.175 e. The van der Waals surface area contributed by atoms with Gasteiger partial charge in [0.05, 0.1) is 5.02 Å². The molecule has 20 heavy (non-hydrogen) atoms. The Morgan fingerprint density at radius 2 is 2.00 bits per heavy atom. The Morgan fingerprint density at radius 1 is 1.35 bits per heavy atom. The highest BCUT2D eigenvalue weighted by Gasteiger charge is 2.21. The van der Waals surface area contributed by atoms with Crippen molar-refractivity contribution in [2.45, 2.75) is 41.0 Å². The minimum absolute atomic E-state index is 0.0484. The molecule has 1 rings (SSSR count). The van der Waals surface area contributed by atoms with Gasteiger partial charge in [0.1, 0.15) is 12.4 Å². The highest BCUT2D eigenvalue weighted by molar-refractivity contribution is 6.32. The number of benzene rings is 1. The number of ether oxygens (including phenoxy) is 1. The van der Waals surface area contributed by atoms with Crippen LogP contribution in [0.2, 0.25) is 5.02 Å². The van der Waals surface area contributed by atoms with Gasteiger partial charge in [0, 0.05) is 5.41 Å². The summed E-state index contributed by atoms with van der Waals surface area (Å²) in [5.74, 6) is 0.611. The highest BCUT2D eigenvalue weighted by atomic mass is 35.5. The molecule has 0 aliphatic heterocycles. The molecule has 0 atom stereocenters. The van der Waals surface area contributed by atoms with Crippen LogP contribution in [0, 0.1) is 5.41 Å². The first-order valence-electron chi connectivity index (χ1n) is 6.90. The molecule has 110 valence electrons. The fourth-order valence-corrected chi connectivity index (χ4v) is 1.99. The summed E-state index contributed by atoms with van der Waals surface area (Å²) in [7, 11) is 0. The van der Waals surface area contributed by atoms with Gasteiger partial charge in [0.15, 0.2) is 5.78 Å². The van der Waals surface area contributed by atoms with Gasteiger partial charge in [0.2, 0.25) is 0 Å². The molecule has 0 heterocycles. The maximum Gasteiger partial charge on any atom is 0.175 e. The van der Waals surface area contributed by atoms with E-state index in [0.29, 0.717) is 10.8 Å². The lowest BCUT2D eigenvalue weighted by Gasteiger charge is -2.17. The molecular formula is C17H23ClO2. The van der Waals surface area contributed by atoms with Crippen molar-refractivity contribution in [3.05, 3.63) is 34.9 Å². The van der Waals surface area contributed by atoms with Crippen molar-refractivity contribution in [3.8, 4) is 5.75 Å². The van der Waals surface area contributed by atoms with E-state index >= 15 is 0 Å². The predicted molar refractivity (Wildman–Crippen MR) is 85.4 cm³/mol. The van der Waals surface area contributed by atoms with Crippen molar-refractivity contribution in [1.29, 1.82) is 0 Å². The molecule has 0 bridgehead atoms. The van der Waals surface area contributed by atoms with Gasteiger partial charge in [-0.05, 0) is 36.6 Å². The molecule has 1 aromatic rings. The summed E-state index contributed by atoms with van der Waals surface area (Å²) >= 11 is 6.22. The molecule has 0 N–H and O–H groups in total. The number of ketones is 1. The van der Waals surface area contributed by atoms with E-state index in [1.165, 1.54) is 5.57 Å². The van der Waals surface area contributed by atoms with Gasteiger partial charge in [-0.25, -0.2) is 0 Å². The normalized spacial score (nSPS) is 12.4. The third-order valence-electron chi connectivity index (χ3n) is 3.23. The van der Waals surface area contributed by atoms with Gasteiger partial charge in [-0.1, -0.05) is 51.4 Å². The Kier molecular flexibility index (Phi) is 5.82. The average molecular weight is 295 g/mol. The van der Waals surface area contributed by atoms with Crippen LogP contribution in [0.25, 0.3) is 5.57 Å². The van der Waals surface area contributed by atoms with Crippen LogP contribution in [0.4, 0.5) is 0 Å². The van der Waals surface area contributed by atoms with Gasteiger partial charge in [-0.3, -0.25) is 4.79 Å². The van der Waals surface area contributed by atoms with Gasteiger partial charge in [-0.15, -0.1) is 0 Å². The van der Waals surface area contributed by atoms with Gasteiger partial charge in [-0.2, -0.15) is 0 Å². The number of hydrogen-bond donors (Lipinski definition) is 0. The van der Waals surface area contributed by atoms with Gasteiger partial charge >= 0.3 is 0 Å². The third kappa shape index (κ3) is 4.38. The molecule has 2 nitrogen and oxygen atoms in total. The molecule has 0 aliphatic rings. The highest BCUT2D eigenvalue weighted by Crippen LogP contribution is 2.29. The van der Waals surface area contributed by atoms with E-state index in [9.17, 15) is 4.79 Å². The Morgan fingerprint density at radius 3 is 2.45 bits per heavy atom. The number of hydrogen-bond acceptors (Lipinski definition) is 2. The fourth-order valence-electron chi connectivity index (χ4n) is 1.75. The lowest BCUT2D eigenvalue weighted by molar-refractivity contribution is -0.128. The van der Waals surface area contributed by atoms with Crippen molar-refractivity contribution in [3.63, 3.8) is 0 Å². The summed E-state index contributed by atoms with van der Waals surface area (Å²) in [6, 6.07) is 5.69. The summed E-state index contributed by atoms with van der Waals surface area (Å²) in [6.45, 7) is 9.80. The van der Waals surface area contributed by atoms with Crippen LogP contribution in [0.3, 0.4) is 0 Å². The molecule has 0 saturated heterocycles. The SMILES string of the molecule is CC=C(CC)c1ccc(OCC(=O)C(C)(C)C)c(Cl)c1. The monoisotopic (exact) mass is 294 g/mol. The topological polar surface area (TPSA) is 26.3 Å². The number of carbonyl (C=O) groups is 1. The predicted octanol–water partition coefficient (Wildman–Crippen LogP) is 5.15.